The first-order chi connectivity index (χ1) is 15.5. The number of rotatable bonds is 5. The maximum atomic E-state index is 13.1. The van der Waals surface area contributed by atoms with E-state index in [0.29, 0.717) is 28.2 Å². The maximum Gasteiger partial charge on any atom is 0.274 e. The molecule has 0 spiro atoms. The topological polar surface area (TPSA) is 87.1 Å². The molecule has 1 fully saturated rings. The number of aryl methyl sites for hydroxylation is 2. The molecular formula is C26H25N3O3. The van der Waals surface area contributed by atoms with Crippen molar-refractivity contribution in [3.8, 4) is 11.1 Å². The molecule has 2 heterocycles. The molecule has 162 valence electrons. The van der Waals surface area contributed by atoms with Gasteiger partial charge >= 0.3 is 0 Å². The van der Waals surface area contributed by atoms with E-state index in [0.717, 1.165) is 22.1 Å². The highest BCUT2D eigenvalue weighted by Crippen LogP contribution is 2.40. The number of carbonyl (C=O) groups excluding carboxylic acids is 1. The molecule has 1 aliphatic rings. The van der Waals surface area contributed by atoms with Crippen molar-refractivity contribution in [3.05, 3.63) is 87.5 Å². The van der Waals surface area contributed by atoms with Gasteiger partial charge in [0.2, 0.25) is 0 Å². The van der Waals surface area contributed by atoms with Crippen LogP contribution >= 0.6 is 0 Å². The Morgan fingerprint density at radius 1 is 1.19 bits per heavy atom. The summed E-state index contributed by atoms with van der Waals surface area (Å²) < 4.78 is 1.52. The highest BCUT2D eigenvalue weighted by molar-refractivity contribution is 6.06. The second kappa shape index (κ2) is 7.80. The van der Waals surface area contributed by atoms with Crippen molar-refractivity contribution in [2.45, 2.75) is 32.3 Å². The van der Waals surface area contributed by atoms with Crippen LogP contribution in [0.4, 0.5) is 5.69 Å². The van der Waals surface area contributed by atoms with Gasteiger partial charge in [0.15, 0.2) is 0 Å². The van der Waals surface area contributed by atoms with E-state index in [1.807, 2.05) is 37.3 Å². The molecule has 4 aromatic rings. The number of aromatic nitrogens is 2. The minimum atomic E-state index is -0.250. The first-order valence-electron chi connectivity index (χ1n) is 10.8. The first kappa shape index (κ1) is 20.3. The minimum absolute atomic E-state index is 0.117. The van der Waals surface area contributed by atoms with Crippen molar-refractivity contribution >= 4 is 22.5 Å². The van der Waals surface area contributed by atoms with Crippen LogP contribution in [0.15, 0.2) is 59.7 Å². The van der Waals surface area contributed by atoms with Crippen molar-refractivity contribution in [1.29, 1.82) is 0 Å². The summed E-state index contributed by atoms with van der Waals surface area (Å²) in [5, 5.41) is 14.0. The third-order valence-electron chi connectivity index (χ3n) is 6.31. The molecule has 5 rings (SSSR count). The molecule has 1 aliphatic carbocycles. The number of pyridine rings is 1. The summed E-state index contributed by atoms with van der Waals surface area (Å²) in [7, 11) is 1.70. The number of anilines is 1. The molecule has 6 heteroatoms. The number of fused-ring (bicyclic) bond motifs is 1. The largest absolute Gasteiger partial charge is 0.392 e. The number of nitrogens with one attached hydrogen (secondary N) is 2. The van der Waals surface area contributed by atoms with Gasteiger partial charge in [-0.1, -0.05) is 24.3 Å². The lowest BCUT2D eigenvalue weighted by Crippen LogP contribution is -2.17. The van der Waals surface area contributed by atoms with Crippen LogP contribution in [-0.4, -0.2) is 20.6 Å². The predicted octanol–water partition coefficient (Wildman–Crippen LogP) is 4.46. The zero-order valence-corrected chi connectivity index (χ0v) is 18.1. The fourth-order valence-corrected chi connectivity index (χ4v) is 4.41. The molecule has 0 atom stereocenters. The Balaban J connectivity index is 1.54. The minimum Gasteiger partial charge on any atom is -0.392 e. The zero-order valence-electron chi connectivity index (χ0n) is 18.1. The van der Waals surface area contributed by atoms with Crippen molar-refractivity contribution in [2.75, 3.05) is 5.32 Å². The van der Waals surface area contributed by atoms with Gasteiger partial charge in [-0.15, -0.1) is 0 Å². The lowest BCUT2D eigenvalue weighted by molar-refractivity contribution is 0.102. The summed E-state index contributed by atoms with van der Waals surface area (Å²) in [5.41, 5.74) is 6.00. The van der Waals surface area contributed by atoms with Gasteiger partial charge < -0.3 is 20.0 Å². The zero-order chi connectivity index (χ0) is 22.4. The molecular weight excluding hydrogens is 402 g/mol. The number of hydrogen-bond donors (Lipinski definition) is 3. The molecule has 6 nitrogen and oxygen atoms in total. The molecule has 1 amide bonds. The van der Waals surface area contributed by atoms with Crippen LogP contribution in [0.2, 0.25) is 0 Å². The van der Waals surface area contributed by atoms with Crippen LogP contribution in [0.1, 0.15) is 45.8 Å². The van der Waals surface area contributed by atoms with E-state index < -0.39 is 0 Å². The van der Waals surface area contributed by atoms with Crippen molar-refractivity contribution < 1.29 is 9.90 Å². The summed E-state index contributed by atoms with van der Waals surface area (Å²) in [6.45, 7) is 1.71. The van der Waals surface area contributed by atoms with Crippen LogP contribution in [-0.2, 0) is 13.7 Å². The van der Waals surface area contributed by atoms with Crippen LogP contribution in [0.5, 0.6) is 0 Å². The van der Waals surface area contributed by atoms with E-state index in [1.54, 1.807) is 25.5 Å². The number of hydrogen-bond acceptors (Lipinski definition) is 3. The molecule has 0 radical (unpaired) electrons. The normalized spacial score (nSPS) is 13.5. The van der Waals surface area contributed by atoms with Crippen molar-refractivity contribution in [1.82, 2.24) is 9.55 Å². The summed E-state index contributed by atoms with van der Waals surface area (Å²) in [5.74, 6) is 0.430. The number of nitrogens with zero attached hydrogens (tertiary/aromatic N) is 1. The average Bonchev–Trinajstić information content (AvgIpc) is 3.52. The maximum absolute atomic E-state index is 13.1. The monoisotopic (exact) mass is 427 g/mol. The third kappa shape index (κ3) is 3.42. The van der Waals surface area contributed by atoms with E-state index in [4.69, 9.17) is 0 Å². The first-order valence-corrected chi connectivity index (χ1v) is 10.8. The molecule has 0 bridgehead atoms. The van der Waals surface area contributed by atoms with Gasteiger partial charge in [0.1, 0.15) is 5.52 Å². The molecule has 3 N–H and O–H groups in total. The SMILES string of the molecule is Cc1cc(C2CC2)ccc1C(=O)Nc1cccc(-c2cn(C)c(=O)c3[nH]ccc23)c1CO. The second-order valence-corrected chi connectivity index (χ2v) is 8.52. The predicted molar refractivity (Wildman–Crippen MR) is 126 cm³/mol. The number of H-pyrrole nitrogens is 1. The molecule has 1 saturated carbocycles. The van der Waals surface area contributed by atoms with Crippen LogP contribution in [0, 0.1) is 6.92 Å². The quantitative estimate of drug-likeness (QED) is 0.439. The Morgan fingerprint density at radius 3 is 2.72 bits per heavy atom. The van der Waals surface area contributed by atoms with Crippen LogP contribution in [0.3, 0.4) is 0 Å². The van der Waals surface area contributed by atoms with Gasteiger partial charge in [0.25, 0.3) is 11.5 Å². The second-order valence-electron chi connectivity index (χ2n) is 8.52. The fourth-order valence-electron chi connectivity index (χ4n) is 4.41. The van der Waals surface area contributed by atoms with E-state index >= 15 is 0 Å². The number of carbonyl (C=O) groups is 1. The lowest BCUT2D eigenvalue weighted by atomic mass is 9.97. The number of aromatic amines is 1. The number of aliphatic hydroxyl groups excluding tert-OH is 1. The van der Waals surface area contributed by atoms with Gasteiger partial charge in [-0.3, -0.25) is 9.59 Å². The van der Waals surface area contributed by atoms with E-state index in [-0.39, 0.29) is 18.1 Å². The van der Waals surface area contributed by atoms with E-state index in [1.165, 1.54) is 23.0 Å². The van der Waals surface area contributed by atoms with Gasteiger partial charge in [0, 0.05) is 47.2 Å². The summed E-state index contributed by atoms with van der Waals surface area (Å²) in [6, 6.07) is 13.4. The Bertz CT molecular complexity index is 1410. The molecule has 0 aliphatic heterocycles. The Kier molecular flexibility index (Phi) is 4.94. The Hall–Kier alpha value is -3.64. The molecule has 2 aromatic heterocycles. The highest BCUT2D eigenvalue weighted by atomic mass is 16.3. The van der Waals surface area contributed by atoms with Crippen molar-refractivity contribution in [3.63, 3.8) is 0 Å². The molecule has 0 saturated heterocycles. The average molecular weight is 428 g/mol. The van der Waals surface area contributed by atoms with Crippen LogP contribution < -0.4 is 10.9 Å². The summed E-state index contributed by atoms with van der Waals surface area (Å²) in [4.78, 5) is 28.5. The van der Waals surface area contributed by atoms with Crippen LogP contribution in [0.25, 0.3) is 22.0 Å². The van der Waals surface area contributed by atoms with Gasteiger partial charge in [-0.05, 0) is 60.6 Å². The van der Waals surface area contributed by atoms with Gasteiger partial charge in [0.05, 0.1) is 6.61 Å². The molecule has 2 aromatic carbocycles. The van der Waals surface area contributed by atoms with Gasteiger partial charge in [-0.25, -0.2) is 0 Å². The van der Waals surface area contributed by atoms with Gasteiger partial charge in [-0.2, -0.15) is 0 Å². The van der Waals surface area contributed by atoms with E-state index in [9.17, 15) is 14.7 Å². The van der Waals surface area contributed by atoms with E-state index in [2.05, 4.69) is 16.4 Å². The number of aliphatic hydroxyl groups is 1. The molecule has 32 heavy (non-hydrogen) atoms. The smallest absolute Gasteiger partial charge is 0.274 e. The lowest BCUT2D eigenvalue weighted by Gasteiger charge is -2.16. The Morgan fingerprint density at radius 2 is 2.00 bits per heavy atom. The van der Waals surface area contributed by atoms with Crippen molar-refractivity contribution in [2.24, 2.45) is 7.05 Å². The molecule has 0 unspecified atom stereocenters. The third-order valence-corrected chi connectivity index (χ3v) is 6.31. The summed E-state index contributed by atoms with van der Waals surface area (Å²) >= 11 is 0. The number of benzene rings is 2. The summed E-state index contributed by atoms with van der Waals surface area (Å²) in [6.07, 6.45) is 5.93. The fraction of sp³-hybridized carbons (Fsp3) is 0.231. The standard InChI is InChI=1S/C26H25N3O3/c1-15-12-17(16-6-7-16)8-9-18(15)25(31)28-23-5-3-4-19(22(23)14-30)21-13-29(2)26(32)24-20(21)10-11-27-24/h3-5,8-13,16,27,30H,6-7,14H2,1-2H3,(H,28,31). The highest BCUT2D eigenvalue weighted by Gasteiger charge is 2.24. The number of amides is 1. The Labute approximate surface area is 185 Å².